The first kappa shape index (κ1) is 13.9. The van der Waals surface area contributed by atoms with Gasteiger partial charge in [0.2, 0.25) is 11.8 Å². The summed E-state index contributed by atoms with van der Waals surface area (Å²) in [5, 5.41) is 0. The van der Waals surface area contributed by atoms with Gasteiger partial charge in [0.05, 0.1) is 12.1 Å². The standard InChI is InChI=1S/C11H21N3O3/c1-8(2)14(7-9(12)15)10(16)11(13)3-5-17-6-4-11/h8H,3-7,13H2,1-2H3,(H2,12,15). The van der Waals surface area contributed by atoms with Crippen molar-refractivity contribution in [1.82, 2.24) is 4.90 Å². The lowest BCUT2D eigenvalue weighted by atomic mass is 9.89. The lowest BCUT2D eigenvalue weighted by Crippen LogP contribution is -2.60. The van der Waals surface area contributed by atoms with E-state index in [0.29, 0.717) is 26.1 Å². The van der Waals surface area contributed by atoms with Crippen LogP contribution in [0.4, 0.5) is 0 Å². The Morgan fingerprint density at radius 3 is 2.29 bits per heavy atom. The fraction of sp³-hybridized carbons (Fsp3) is 0.818. The molecular weight excluding hydrogens is 222 g/mol. The molecule has 98 valence electrons. The first-order chi connectivity index (χ1) is 7.87. The molecule has 1 fully saturated rings. The molecule has 6 nitrogen and oxygen atoms in total. The fourth-order valence-corrected chi connectivity index (χ4v) is 1.89. The third-order valence-corrected chi connectivity index (χ3v) is 3.02. The SMILES string of the molecule is CC(C)N(CC(N)=O)C(=O)C1(N)CCOCC1. The molecule has 0 radical (unpaired) electrons. The molecular formula is C11H21N3O3. The van der Waals surface area contributed by atoms with Gasteiger partial charge in [0, 0.05) is 19.3 Å². The minimum atomic E-state index is -0.919. The molecule has 1 aliphatic heterocycles. The predicted molar refractivity (Wildman–Crippen MR) is 63.0 cm³/mol. The number of amides is 2. The number of rotatable bonds is 4. The zero-order chi connectivity index (χ0) is 13.1. The summed E-state index contributed by atoms with van der Waals surface area (Å²) >= 11 is 0. The molecule has 1 saturated heterocycles. The lowest BCUT2D eigenvalue weighted by Gasteiger charge is -2.38. The Labute approximate surface area is 101 Å². The second-order valence-corrected chi connectivity index (χ2v) is 4.76. The van der Waals surface area contributed by atoms with Crippen LogP contribution in [0.15, 0.2) is 0 Å². The van der Waals surface area contributed by atoms with Crippen molar-refractivity contribution in [2.45, 2.75) is 38.3 Å². The summed E-state index contributed by atoms with van der Waals surface area (Å²) in [6.07, 6.45) is 0.960. The van der Waals surface area contributed by atoms with Crippen LogP contribution >= 0.6 is 0 Å². The number of carbonyl (C=O) groups is 2. The van der Waals surface area contributed by atoms with Gasteiger partial charge < -0.3 is 21.1 Å². The highest BCUT2D eigenvalue weighted by molar-refractivity contribution is 5.90. The van der Waals surface area contributed by atoms with E-state index in [4.69, 9.17) is 16.2 Å². The fourth-order valence-electron chi connectivity index (χ4n) is 1.89. The number of hydrogen-bond acceptors (Lipinski definition) is 4. The van der Waals surface area contributed by atoms with Crippen molar-refractivity contribution in [2.24, 2.45) is 11.5 Å². The molecule has 0 atom stereocenters. The predicted octanol–water partition coefficient (Wildman–Crippen LogP) is -0.783. The number of ether oxygens (including phenoxy) is 1. The van der Waals surface area contributed by atoms with Crippen LogP contribution in [-0.2, 0) is 14.3 Å². The average molecular weight is 243 g/mol. The molecule has 0 aromatic heterocycles. The van der Waals surface area contributed by atoms with Crippen LogP contribution in [0.25, 0.3) is 0 Å². The summed E-state index contributed by atoms with van der Waals surface area (Å²) in [6.45, 7) is 4.54. The van der Waals surface area contributed by atoms with E-state index in [-0.39, 0.29) is 18.5 Å². The Morgan fingerprint density at radius 1 is 1.35 bits per heavy atom. The van der Waals surface area contributed by atoms with Crippen molar-refractivity contribution in [1.29, 1.82) is 0 Å². The molecule has 0 bridgehead atoms. The number of primary amides is 1. The topological polar surface area (TPSA) is 98.7 Å². The summed E-state index contributed by atoms with van der Waals surface area (Å²) in [4.78, 5) is 24.7. The maximum atomic E-state index is 12.3. The van der Waals surface area contributed by atoms with E-state index < -0.39 is 11.4 Å². The summed E-state index contributed by atoms with van der Waals surface area (Å²) in [6, 6.07) is -0.0988. The molecule has 0 aliphatic carbocycles. The van der Waals surface area contributed by atoms with Crippen molar-refractivity contribution < 1.29 is 14.3 Å². The van der Waals surface area contributed by atoms with Crippen LogP contribution in [-0.4, -0.2) is 48.1 Å². The molecule has 1 heterocycles. The Balaban J connectivity index is 2.79. The van der Waals surface area contributed by atoms with Gasteiger partial charge in [-0.05, 0) is 26.7 Å². The van der Waals surface area contributed by atoms with Crippen LogP contribution in [0.2, 0.25) is 0 Å². The Morgan fingerprint density at radius 2 is 1.88 bits per heavy atom. The van der Waals surface area contributed by atoms with Crippen molar-refractivity contribution in [2.75, 3.05) is 19.8 Å². The minimum Gasteiger partial charge on any atom is -0.381 e. The summed E-state index contributed by atoms with van der Waals surface area (Å²) < 4.78 is 5.19. The van der Waals surface area contributed by atoms with Crippen LogP contribution in [0.3, 0.4) is 0 Å². The van der Waals surface area contributed by atoms with Gasteiger partial charge in [-0.1, -0.05) is 0 Å². The largest absolute Gasteiger partial charge is 0.381 e. The Kier molecular flexibility index (Phi) is 4.47. The number of carbonyl (C=O) groups excluding carboxylic acids is 2. The van der Waals surface area contributed by atoms with Gasteiger partial charge in [-0.25, -0.2) is 0 Å². The van der Waals surface area contributed by atoms with E-state index in [1.54, 1.807) is 0 Å². The Bertz CT molecular complexity index is 298. The smallest absolute Gasteiger partial charge is 0.243 e. The normalized spacial score (nSPS) is 19.1. The zero-order valence-corrected chi connectivity index (χ0v) is 10.4. The molecule has 1 aliphatic rings. The first-order valence-electron chi connectivity index (χ1n) is 5.83. The van der Waals surface area contributed by atoms with E-state index in [1.165, 1.54) is 4.90 Å². The molecule has 0 aromatic rings. The van der Waals surface area contributed by atoms with E-state index in [1.807, 2.05) is 13.8 Å². The molecule has 0 aromatic carbocycles. The maximum Gasteiger partial charge on any atom is 0.243 e. The second-order valence-electron chi connectivity index (χ2n) is 4.76. The van der Waals surface area contributed by atoms with Gasteiger partial charge in [0.25, 0.3) is 0 Å². The van der Waals surface area contributed by atoms with Gasteiger partial charge in [-0.3, -0.25) is 9.59 Å². The minimum absolute atomic E-state index is 0.0870. The van der Waals surface area contributed by atoms with Crippen LogP contribution in [0.5, 0.6) is 0 Å². The summed E-state index contributed by atoms with van der Waals surface area (Å²) in [5.41, 5.74) is 10.3. The molecule has 4 N–H and O–H groups in total. The van der Waals surface area contributed by atoms with Crippen molar-refractivity contribution in [3.8, 4) is 0 Å². The van der Waals surface area contributed by atoms with E-state index in [9.17, 15) is 9.59 Å². The Hall–Kier alpha value is -1.14. The van der Waals surface area contributed by atoms with Gasteiger partial charge in [-0.2, -0.15) is 0 Å². The van der Waals surface area contributed by atoms with Crippen LogP contribution in [0.1, 0.15) is 26.7 Å². The number of hydrogen-bond donors (Lipinski definition) is 2. The third kappa shape index (κ3) is 3.41. The van der Waals surface area contributed by atoms with Crippen LogP contribution in [0, 0.1) is 0 Å². The highest BCUT2D eigenvalue weighted by Gasteiger charge is 2.39. The quantitative estimate of drug-likeness (QED) is 0.676. The monoisotopic (exact) mass is 243 g/mol. The zero-order valence-electron chi connectivity index (χ0n) is 10.4. The summed E-state index contributed by atoms with van der Waals surface area (Å²) in [7, 11) is 0. The van der Waals surface area contributed by atoms with E-state index in [2.05, 4.69) is 0 Å². The summed E-state index contributed by atoms with van der Waals surface area (Å²) in [5.74, 6) is -0.739. The van der Waals surface area contributed by atoms with Crippen molar-refractivity contribution in [3.63, 3.8) is 0 Å². The van der Waals surface area contributed by atoms with Crippen molar-refractivity contribution >= 4 is 11.8 Å². The molecule has 0 unspecified atom stereocenters. The van der Waals surface area contributed by atoms with Gasteiger partial charge >= 0.3 is 0 Å². The van der Waals surface area contributed by atoms with Gasteiger partial charge in [0.1, 0.15) is 0 Å². The molecule has 0 saturated carbocycles. The molecule has 6 heteroatoms. The maximum absolute atomic E-state index is 12.3. The van der Waals surface area contributed by atoms with Crippen molar-refractivity contribution in [3.05, 3.63) is 0 Å². The molecule has 0 spiro atoms. The highest BCUT2D eigenvalue weighted by atomic mass is 16.5. The van der Waals surface area contributed by atoms with Crippen LogP contribution < -0.4 is 11.5 Å². The molecule has 17 heavy (non-hydrogen) atoms. The number of nitrogens with zero attached hydrogens (tertiary/aromatic N) is 1. The third-order valence-electron chi connectivity index (χ3n) is 3.02. The highest BCUT2D eigenvalue weighted by Crippen LogP contribution is 2.21. The lowest BCUT2D eigenvalue weighted by molar-refractivity contribution is -0.144. The first-order valence-corrected chi connectivity index (χ1v) is 5.83. The molecule has 2 amide bonds. The second kappa shape index (κ2) is 5.46. The average Bonchev–Trinajstić information content (AvgIpc) is 2.25. The number of nitrogens with two attached hydrogens (primary N) is 2. The van der Waals surface area contributed by atoms with E-state index in [0.717, 1.165) is 0 Å². The van der Waals surface area contributed by atoms with Gasteiger partial charge in [-0.15, -0.1) is 0 Å². The molecule has 1 rings (SSSR count). The van der Waals surface area contributed by atoms with E-state index >= 15 is 0 Å². The van der Waals surface area contributed by atoms with Gasteiger partial charge in [0.15, 0.2) is 0 Å².